The van der Waals surface area contributed by atoms with Gasteiger partial charge >= 0.3 is 11.9 Å². The molecule has 0 radical (unpaired) electrons. The minimum atomic E-state index is -0.671. The molecule has 0 spiro atoms. The number of aryl methyl sites for hydroxylation is 1. The second-order valence-electron chi connectivity index (χ2n) is 8.06. The van der Waals surface area contributed by atoms with Gasteiger partial charge in [-0.05, 0) is 49.7 Å². The molecule has 0 aliphatic heterocycles. The van der Waals surface area contributed by atoms with Gasteiger partial charge in [0.25, 0.3) is 5.91 Å². The summed E-state index contributed by atoms with van der Waals surface area (Å²) >= 11 is 0. The van der Waals surface area contributed by atoms with Crippen LogP contribution in [-0.4, -0.2) is 37.1 Å². The summed E-state index contributed by atoms with van der Waals surface area (Å²) < 4.78 is 10.5. The minimum absolute atomic E-state index is 0.129. The van der Waals surface area contributed by atoms with Crippen LogP contribution in [0.4, 0.5) is 0 Å². The van der Waals surface area contributed by atoms with Crippen molar-refractivity contribution in [2.24, 2.45) is 17.8 Å². The van der Waals surface area contributed by atoms with Gasteiger partial charge in [0.05, 0.1) is 0 Å². The Morgan fingerprint density at radius 1 is 1.11 bits per heavy atom. The Morgan fingerprint density at radius 3 is 2.43 bits per heavy atom. The number of nitrogens with one attached hydrogen (secondary N) is 1. The molecule has 0 aromatic heterocycles. The monoisotopic (exact) mass is 389 g/mol. The van der Waals surface area contributed by atoms with Gasteiger partial charge in [0.2, 0.25) is 0 Å². The Hall–Kier alpha value is -2.37. The van der Waals surface area contributed by atoms with Crippen LogP contribution in [0.15, 0.2) is 24.3 Å². The van der Waals surface area contributed by atoms with E-state index >= 15 is 0 Å². The second-order valence-corrected chi connectivity index (χ2v) is 8.06. The highest BCUT2D eigenvalue weighted by Gasteiger charge is 2.33. The van der Waals surface area contributed by atoms with E-state index in [1.165, 1.54) is 0 Å². The van der Waals surface area contributed by atoms with Crippen molar-refractivity contribution in [1.29, 1.82) is 0 Å². The average molecular weight is 389 g/mol. The van der Waals surface area contributed by atoms with E-state index in [0.717, 1.165) is 24.8 Å². The molecule has 0 bridgehead atoms. The third-order valence-corrected chi connectivity index (χ3v) is 5.30. The van der Waals surface area contributed by atoms with E-state index in [-0.39, 0.29) is 18.6 Å². The number of rotatable bonds is 7. The van der Waals surface area contributed by atoms with Crippen LogP contribution in [0, 0.1) is 24.7 Å². The zero-order valence-electron chi connectivity index (χ0n) is 17.2. The molecule has 2 rings (SSSR count). The SMILES string of the molecule is Cc1ccc(C(=O)NCC(=O)OCC(=O)O[C@H]2C[C@H](C)CC[C@@H]2C(C)C)cc1. The number of hydrogen-bond donors (Lipinski definition) is 1. The number of carbonyl (C=O) groups is 3. The number of ether oxygens (including phenoxy) is 2. The topological polar surface area (TPSA) is 81.7 Å². The summed E-state index contributed by atoms with van der Waals surface area (Å²) in [5.41, 5.74) is 1.51. The van der Waals surface area contributed by atoms with E-state index in [0.29, 0.717) is 23.3 Å². The summed E-state index contributed by atoms with van der Waals surface area (Å²) in [4.78, 5) is 35.9. The van der Waals surface area contributed by atoms with Crippen molar-refractivity contribution in [3.05, 3.63) is 35.4 Å². The van der Waals surface area contributed by atoms with Gasteiger partial charge in [0.15, 0.2) is 6.61 Å². The molecule has 0 saturated heterocycles. The van der Waals surface area contributed by atoms with Crippen molar-refractivity contribution in [2.75, 3.05) is 13.2 Å². The summed E-state index contributed by atoms with van der Waals surface area (Å²) in [6, 6.07) is 7.01. The summed E-state index contributed by atoms with van der Waals surface area (Å²) in [7, 11) is 0. The first-order valence-corrected chi connectivity index (χ1v) is 9.96. The summed E-state index contributed by atoms with van der Waals surface area (Å²) in [6.45, 7) is 7.63. The van der Waals surface area contributed by atoms with Gasteiger partial charge in [-0.2, -0.15) is 0 Å². The highest BCUT2D eigenvalue weighted by atomic mass is 16.6. The Bertz CT molecular complexity index is 683. The highest BCUT2D eigenvalue weighted by Crippen LogP contribution is 2.35. The zero-order valence-corrected chi connectivity index (χ0v) is 17.2. The number of benzene rings is 1. The van der Waals surface area contributed by atoms with Crippen molar-refractivity contribution in [1.82, 2.24) is 5.32 Å². The van der Waals surface area contributed by atoms with Gasteiger partial charge in [-0.15, -0.1) is 0 Å². The number of hydrogen-bond acceptors (Lipinski definition) is 5. The van der Waals surface area contributed by atoms with Gasteiger partial charge in [-0.3, -0.25) is 9.59 Å². The molecule has 154 valence electrons. The molecule has 1 aliphatic carbocycles. The van der Waals surface area contributed by atoms with E-state index in [4.69, 9.17) is 9.47 Å². The molecule has 1 aliphatic rings. The molecule has 1 amide bonds. The lowest BCUT2D eigenvalue weighted by molar-refractivity contribution is -0.166. The minimum Gasteiger partial charge on any atom is -0.460 e. The number of esters is 2. The molecule has 1 saturated carbocycles. The quantitative estimate of drug-likeness (QED) is 0.724. The maximum Gasteiger partial charge on any atom is 0.344 e. The standard InChI is InChI=1S/C22H31NO5/c1-14(2)18-10-7-16(4)11-19(18)28-21(25)13-27-20(24)12-23-22(26)17-8-5-15(3)6-9-17/h5-6,8-9,14,16,18-19H,7,10-13H2,1-4H3,(H,23,26)/t16-,18-,19+/m1/s1. The molecule has 0 unspecified atom stereocenters. The van der Waals surface area contributed by atoms with Crippen LogP contribution < -0.4 is 5.32 Å². The maximum absolute atomic E-state index is 12.1. The van der Waals surface area contributed by atoms with Crippen molar-refractivity contribution >= 4 is 17.8 Å². The Labute approximate surface area is 167 Å². The van der Waals surface area contributed by atoms with Crippen LogP contribution in [-0.2, 0) is 19.1 Å². The summed E-state index contributed by atoms with van der Waals surface area (Å²) in [5.74, 6) is -0.282. The molecule has 1 N–H and O–H groups in total. The third kappa shape index (κ3) is 6.66. The summed E-state index contributed by atoms with van der Waals surface area (Å²) in [5, 5.41) is 2.49. The van der Waals surface area contributed by atoms with Crippen LogP contribution >= 0.6 is 0 Å². The summed E-state index contributed by atoms with van der Waals surface area (Å²) in [6.07, 6.45) is 2.90. The Morgan fingerprint density at radius 2 is 1.79 bits per heavy atom. The first-order valence-electron chi connectivity index (χ1n) is 9.96. The van der Waals surface area contributed by atoms with Crippen LogP contribution in [0.3, 0.4) is 0 Å². The fourth-order valence-corrected chi connectivity index (χ4v) is 3.60. The predicted molar refractivity (Wildman–Crippen MR) is 106 cm³/mol. The van der Waals surface area contributed by atoms with E-state index in [1.54, 1.807) is 12.1 Å². The largest absolute Gasteiger partial charge is 0.460 e. The van der Waals surface area contributed by atoms with Crippen molar-refractivity contribution in [3.63, 3.8) is 0 Å². The van der Waals surface area contributed by atoms with Gasteiger partial charge in [0, 0.05) is 5.56 Å². The fraction of sp³-hybridized carbons (Fsp3) is 0.591. The average Bonchev–Trinajstić information content (AvgIpc) is 2.64. The van der Waals surface area contributed by atoms with Gasteiger partial charge in [-0.1, -0.05) is 44.9 Å². The molecule has 6 nitrogen and oxygen atoms in total. The van der Waals surface area contributed by atoms with Crippen molar-refractivity contribution in [2.45, 2.75) is 53.1 Å². The Balaban J connectivity index is 1.73. The smallest absolute Gasteiger partial charge is 0.344 e. The van der Waals surface area contributed by atoms with Gasteiger partial charge < -0.3 is 14.8 Å². The molecule has 28 heavy (non-hydrogen) atoms. The zero-order chi connectivity index (χ0) is 20.7. The molecule has 1 aromatic rings. The van der Waals surface area contributed by atoms with E-state index < -0.39 is 18.5 Å². The molecule has 1 aromatic carbocycles. The van der Waals surface area contributed by atoms with Crippen LogP contribution in [0.1, 0.15) is 56.0 Å². The first kappa shape index (κ1) is 21.9. The molecular formula is C22H31NO5. The lowest BCUT2D eigenvalue weighted by atomic mass is 9.75. The maximum atomic E-state index is 12.1. The third-order valence-electron chi connectivity index (χ3n) is 5.30. The normalized spacial score (nSPS) is 21.8. The molecular weight excluding hydrogens is 358 g/mol. The first-order chi connectivity index (χ1) is 13.3. The predicted octanol–water partition coefficient (Wildman–Crippen LogP) is 3.27. The number of amides is 1. The van der Waals surface area contributed by atoms with E-state index in [1.807, 2.05) is 19.1 Å². The second kappa shape index (κ2) is 10.2. The fourth-order valence-electron chi connectivity index (χ4n) is 3.60. The van der Waals surface area contributed by atoms with E-state index in [9.17, 15) is 14.4 Å². The van der Waals surface area contributed by atoms with Crippen LogP contribution in [0.25, 0.3) is 0 Å². The van der Waals surface area contributed by atoms with E-state index in [2.05, 4.69) is 26.1 Å². The van der Waals surface area contributed by atoms with Crippen LogP contribution in [0.5, 0.6) is 0 Å². The lowest BCUT2D eigenvalue weighted by Crippen LogP contribution is -2.37. The molecule has 0 heterocycles. The lowest BCUT2D eigenvalue weighted by Gasteiger charge is -2.36. The highest BCUT2D eigenvalue weighted by molar-refractivity contribution is 5.96. The molecule has 1 fully saturated rings. The van der Waals surface area contributed by atoms with Crippen molar-refractivity contribution < 1.29 is 23.9 Å². The van der Waals surface area contributed by atoms with Crippen molar-refractivity contribution in [3.8, 4) is 0 Å². The molecule has 3 atom stereocenters. The Kier molecular flexibility index (Phi) is 8.03. The van der Waals surface area contributed by atoms with Gasteiger partial charge in [0.1, 0.15) is 12.6 Å². The van der Waals surface area contributed by atoms with Crippen LogP contribution in [0.2, 0.25) is 0 Å². The molecule has 6 heteroatoms. The van der Waals surface area contributed by atoms with Gasteiger partial charge in [-0.25, -0.2) is 4.79 Å². The number of carbonyl (C=O) groups excluding carboxylic acids is 3.